The second-order valence-electron chi connectivity index (χ2n) is 4.62. The zero-order valence-electron chi connectivity index (χ0n) is 10.9. The predicted molar refractivity (Wildman–Crippen MR) is 74.8 cm³/mol. The molecule has 1 aromatic heterocycles. The summed E-state index contributed by atoms with van der Waals surface area (Å²) in [5.74, 6) is 1.88. The van der Waals surface area contributed by atoms with Crippen molar-refractivity contribution in [3.8, 4) is 6.07 Å². The molecular formula is C13H18N4S. The van der Waals surface area contributed by atoms with Crippen molar-refractivity contribution in [1.29, 1.82) is 5.26 Å². The number of hydrogen-bond donors (Lipinski definition) is 1. The number of thioether (sulfide) groups is 1. The maximum atomic E-state index is 9.20. The molecule has 1 unspecified atom stereocenters. The summed E-state index contributed by atoms with van der Waals surface area (Å²) in [6.07, 6.45) is 3.88. The number of aryl methyl sites for hydroxylation is 1. The molecule has 0 amide bonds. The molecule has 18 heavy (non-hydrogen) atoms. The largest absolute Gasteiger partial charge is 0.366 e. The van der Waals surface area contributed by atoms with Gasteiger partial charge in [0, 0.05) is 11.8 Å². The first-order chi connectivity index (χ1) is 8.72. The second-order valence-corrected chi connectivity index (χ2v) is 6.02. The number of nitriles is 1. The molecule has 2 heterocycles. The van der Waals surface area contributed by atoms with E-state index >= 15 is 0 Å². The van der Waals surface area contributed by atoms with Crippen molar-refractivity contribution in [3.05, 3.63) is 16.8 Å². The maximum absolute atomic E-state index is 9.20. The van der Waals surface area contributed by atoms with E-state index in [1.807, 2.05) is 25.6 Å². The lowest BCUT2D eigenvalue weighted by atomic mass is 10.1. The van der Waals surface area contributed by atoms with Crippen molar-refractivity contribution in [2.75, 3.05) is 17.6 Å². The summed E-state index contributed by atoms with van der Waals surface area (Å²) >= 11 is 2.01. The molecule has 1 saturated heterocycles. The summed E-state index contributed by atoms with van der Waals surface area (Å²) in [5.41, 5.74) is 2.37. The Labute approximate surface area is 112 Å². The van der Waals surface area contributed by atoms with E-state index in [4.69, 9.17) is 0 Å². The standard InChI is InChI=1S/C13H18N4S/c1-9-10(2)16-17-13(12(9)7-14)15-8-11-5-3-4-6-18-11/h11H,3-6,8H2,1-2H3,(H,15,17). The molecule has 0 spiro atoms. The zero-order chi connectivity index (χ0) is 13.0. The van der Waals surface area contributed by atoms with Crippen molar-refractivity contribution in [1.82, 2.24) is 10.2 Å². The van der Waals surface area contributed by atoms with Gasteiger partial charge in [0.1, 0.15) is 11.6 Å². The van der Waals surface area contributed by atoms with Crippen LogP contribution in [-0.2, 0) is 0 Å². The molecule has 0 radical (unpaired) electrons. The van der Waals surface area contributed by atoms with E-state index in [9.17, 15) is 5.26 Å². The Morgan fingerprint density at radius 2 is 2.22 bits per heavy atom. The van der Waals surface area contributed by atoms with Crippen LogP contribution in [0.1, 0.15) is 36.1 Å². The number of nitrogens with zero attached hydrogens (tertiary/aromatic N) is 3. The van der Waals surface area contributed by atoms with E-state index in [1.165, 1.54) is 25.0 Å². The fourth-order valence-corrected chi connectivity index (χ4v) is 3.29. The Morgan fingerprint density at radius 1 is 1.39 bits per heavy atom. The Balaban J connectivity index is 2.05. The lowest BCUT2D eigenvalue weighted by molar-refractivity contribution is 0.676. The van der Waals surface area contributed by atoms with Crippen LogP contribution in [0.15, 0.2) is 0 Å². The van der Waals surface area contributed by atoms with Gasteiger partial charge in [-0.3, -0.25) is 0 Å². The lowest BCUT2D eigenvalue weighted by Crippen LogP contribution is -2.21. The van der Waals surface area contributed by atoms with Crippen LogP contribution >= 0.6 is 11.8 Å². The molecule has 1 atom stereocenters. The minimum absolute atomic E-state index is 0.628. The van der Waals surface area contributed by atoms with Gasteiger partial charge in [-0.25, -0.2) is 0 Å². The van der Waals surface area contributed by atoms with Gasteiger partial charge in [-0.1, -0.05) is 6.42 Å². The van der Waals surface area contributed by atoms with Crippen molar-refractivity contribution in [2.24, 2.45) is 0 Å². The molecule has 1 aromatic rings. The van der Waals surface area contributed by atoms with E-state index in [2.05, 4.69) is 21.6 Å². The van der Waals surface area contributed by atoms with Crippen molar-refractivity contribution < 1.29 is 0 Å². The SMILES string of the molecule is Cc1nnc(NCC2CCCCS2)c(C#N)c1C. The van der Waals surface area contributed by atoms with E-state index in [0.717, 1.165) is 17.8 Å². The normalized spacial score (nSPS) is 19.3. The van der Waals surface area contributed by atoms with Crippen LogP contribution in [0.25, 0.3) is 0 Å². The van der Waals surface area contributed by atoms with Gasteiger partial charge < -0.3 is 5.32 Å². The molecule has 0 saturated carbocycles. The van der Waals surface area contributed by atoms with E-state index in [1.54, 1.807) is 0 Å². The Bertz CT molecular complexity index is 461. The highest BCUT2D eigenvalue weighted by atomic mass is 32.2. The third kappa shape index (κ3) is 2.94. The monoisotopic (exact) mass is 262 g/mol. The van der Waals surface area contributed by atoms with Crippen LogP contribution < -0.4 is 5.32 Å². The first-order valence-corrected chi connectivity index (χ1v) is 7.36. The van der Waals surface area contributed by atoms with Crippen molar-refractivity contribution >= 4 is 17.6 Å². The number of aromatic nitrogens is 2. The lowest BCUT2D eigenvalue weighted by Gasteiger charge is -2.21. The first-order valence-electron chi connectivity index (χ1n) is 6.32. The van der Waals surface area contributed by atoms with Gasteiger partial charge in [0.25, 0.3) is 0 Å². The van der Waals surface area contributed by atoms with Crippen LogP contribution in [0.4, 0.5) is 5.82 Å². The zero-order valence-corrected chi connectivity index (χ0v) is 11.7. The molecule has 1 N–H and O–H groups in total. The van der Waals surface area contributed by atoms with E-state index in [0.29, 0.717) is 16.6 Å². The molecule has 0 aromatic carbocycles. The minimum atomic E-state index is 0.628. The van der Waals surface area contributed by atoms with E-state index in [-0.39, 0.29) is 0 Å². The molecule has 1 aliphatic heterocycles. The van der Waals surface area contributed by atoms with E-state index < -0.39 is 0 Å². The highest BCUT2D eigenvalue weighted by molar-refractivity contribution is 7.99. The first kappa shape index (κ1) is 13.2. The summed E-state index contributed by atoms with van der Waals surface area (Å²) in [4.78, 5) is 0. The quantitative estimate of drug-likeness (QED) is 0.907. The maximum Gasteiger partial charge on any atom is 0.166 e. The fraction of sp³-hybridized carbons (Fsp3) is 0.615. The Morgan fingerprint density at radius 3 is 2.89 bits per heavy atom. The van der Waals surface area contributed by atoms with Gasteiger partial charge in [-0.2, -0.15) is 22.1 Å². The minimum Gasteiger partial charge on any atom is -0.366 e. The third-order valence-electron chi connectivity index (χ3n) is 3.34. The molecule has 5 heteroatoms. The fourth-order valence-electron chi connectivity index (χ4n) is 2.05. The molecule has 96 valence electrons. The molecule has 1 fully saturated rings. The van der Waals surface area contributed by atoms with Crippen LogP contribution in [0.3, 0.4) is 0 Å². The summed E-state index contributed by atoms with van der Waals surface area (Å²) in [7, 11) is 0. The highest BCUT2D eigenvalue weighted by Gasteiger charge is 2.16. The van der Waals surface area contributed by atoms with Crippen LogP contribution in [-0.4, -0.2) is 27.7 Å². The number of anilines is 1. The van der Waals surface area contributed by atoms with Crippen LogP contribution in [0.5, 0.6) is 0 Å². The van der Waals surface area contributed by atoms with Gasteiger partial charge in [0.2, 0.25) is 0 Å². The average molecular weight is 262 g/mol. The summed E-state index contributed by atoms with van der Waals surface area (Å²) in [5, 5.41) is 21.3. The third-order valence-corrected chi connectivity index (χ3v) is 4.74. The van der Waals surface area contributed by atoms with Gasteiger partial charge in [0.15, 0.2) is 5.82 Å². The summed E-state index contributed by atoms with van der Waals surface area (Å²) < 4.78 is 0. The molecule has 1 aliphatic rings. The summed E-state index contributed by atoms with van der Waals surface area (Å²) in [6, 6.07) is 2.22. The molecule has 0 bridgehead atoms. The smallest absolute Gasteiger partial charge is 0.166 e. The van der Waals surface area contributed by atoms with Gasteiger partial charge in [0.05, 0.1) is 5.69 Å². The van der Waals surface area contributed by atoms with Crippen molar-refractivity contribution in [2.45, 2.75) is 38.4 Å². The van der Waals surface area contributed by atoms with Gasteiger partial charge >= 0.3 is 0 Å². The molecule has 2 rings (SSSR count). The summed E-state index contributed by atoms with van der Waals surface area (Å²) in [6.45, 7) is 4.67. The predicted octanol–water partition coefficient (Wildman–Crippen LogP) is 2.66. The second kappa shape index (κ2) is 6.05. The highest BCUT2D eigenvalue weighted by Crippen LogP contribution is 2.25. The van der Waals surface area contributed by atoms with Crippen LogP contribution in [0, 0.1) is 25.2 Å². The van der Waals surface area contributed by atoms with Gasteiger partial charge in [-0.05, 0) is 38.0 Å². The van der Waals surface area contributed by atoms with Crippen LogP contribution in [0.2, 0.25) is 0 Å². The van der Waals surface area contributed by atoms with Crippen molar-refractivity contribution in [3.63, 3.8) is 0 Å². The average Bonchev–Trinajstić information content (AvgIpc) is 2.41. The number of hydrogen-bond acceptors (Lipinski definition) is 5. The number of rotatable bonds is 3. The molecule has 0 aliphatic carbocycles. The number of nitrogens with one attached hydrogen (secondary N) is 1. The Kier molecular flexibility index (Phi) is 4.43. The molecule has 4 nitrogen and oxygen atoms in total. The molecular weight excluding hydrogens is 244 g/mol. The van der Waals surface area contributed by atoms with Gasteiger partial charge in [-0.15, -0.1) is 5.10 Å². The topological polar surface area (TPSA) is 61.6 Å². The Hall–Kier alpha value is -1.28.